The second-order valence-corrected chi connectivity index (χ2v) is 5.97. The fourth-order valence-electron chi connectivity index (χ4n) is 1.33. The highest BCUT2D eigenvalue weighted by Crippen LogP contribution is 2.28. The number of non-ortho nitro benzene ring substituents is 1. The minimum absolute atomic E-state index is 0.0471. The first-order chi connectivity index (χ1) is 7.71. The summed E-state index contributed by atoms with van der Waals surface area (Å²) < 4.78 is 0.662. The minimum atomic E-state index is -0.486. The van der Waals surface area contributed by atoms with Crippen LogP contribution < -0.4 is 0 Å². The van der Waals surface area contributed by atoms with E-state index in [0.717, 1.165) is 5.56 Å². The molecule has 1 N–H and O–H groups in total. The van der Waals surface area contributed by atoms with Crippen molar-refractivity contribution in [3.05, 3.63) is 38.3 Å². The number of hydrogen-bond donors (Lipinski definition) is 1. The van der Waals surface area contributed by atoms with Crippen molar-refractivity contribution in [1.82, 2.24) is 0 Å². The van der Waals surface area contributed by atoms with E-state index >= 15 is 0 Å². The number of benzene rings is 1. The monoisotopic (exact) mass is 301 g/mol. The second-order valence-electron chi connectivity index (χ2n) is 5.12. The lowest BCUT2D eigenvalue weighted by Crippen LogP contribution is -2.28. The molecule has 0 fully saturated rings. The van der Waals surface area contributed by atoms with E-state index in [4.69, 9.17) is 0 Å². The van der Waals surface area contributed by atoms with Crippen molar-refractivity contribution in [2.75, 3.05) is 0 Å². The zero-order chi connectivity index (χ0) is 13.2. The molecular formula is C12H16BrNO3. The average Bonchev–Trinajstić information content (AvgIpc) is 2.19. The van der Waals surface area contributed by atoms with Gasteiger partial charge in [0.15, 0.2) is 0 Å². The second kappa shape index (κ2) is 5.14. The molecule has 0 heterocycles. The third-order valence-corrected chi connectivity index (χ3v) is 3.40. The van der Waals surface area contributed by atoms with Gasteiger partial charge in [0.1, 0.15) is 0 Å². The molecule has 1 aromatic rings. The SMILES string of the molecule is CC(C)(C)C(O)Cc1ccc([N+](=O)[O-])cc1Br. The van der Waals surface area contributed by atoms with Crippen LogP contribution in [0.5, 0.6) is 0 Å². The first-order valence-electron chi connectivity index (χ1n) is 5.32. The molecule has 1 atom stereocenters. The van der Waals surface area contributed by atoms with Crippen LogP contribution in [0.15, 0.2) is 22.7 Å². The lowest BCUT2D eigenvalue weighted by atomic mass is 9.85. The number of aliphatic hydroxyl groups excluding tert-OH is 1. The van der Waals surface area contributed by atoms with Crippen LogP contribution in [0.2, 0.25) is 0 Å². The highest BCUT2D eigenvalue weighted by atomic mass is 79.9. The molecule has 0 aromatic heterocycles. The van der Waals surface area contributed by atoms with Crippen LogP contribution in [0.3, 0.4) is 0 Å². The predicted octanol–water partition coefficient (Wildman–Crippen LogP) is 3.31. The molecule has 1 rings (SSSR count). The summed E-state index contributed by atoms with van der Waals surface area (Å²) in [5, 5.41) is 20.6. The van der Waals surface area contributed by atoms with Crippen LogP contribution in [0.25, 0.3) is 0 Å². The van der Waals surface area contributed by atoms with Gasteiger partial charge in [0.05, 0.1) is 11.0 Å². The topological polar surface area (TPSA) is 63.4 Å². The van der Waals surface area contributed by atoms with Gasteiger partial charge in [-0.1, -0.05) is 42.8 Å². The molecule has 1 aromatic carbocycles. The molecule has 0 bridgehead atoms. The molecular weight excluding hydrogens is 286 g/mol. The normalized spacial score (nSPS) is 13.5. The van der Waals surface area contributed by atoms with Gasteiger partial charge in [-0.25, -0.2) is 0 Å². The van der Waals surface area contributed by atoms with E-state index in [1.807, 2.05) is 20.8 Å². The van der Waals surface area contributed by atoms with Crippen molar-refractivity contribution in [3.8, 4) is 0 Å². The van der Waals surface area contributed by atoms with E-state index in [-0.39, 0.29) is 11.1 Å². The Bertz CT molecular complexity index is 426. The number of halogens is 1. The van der Waals surface area contributed by atoms with Gasteiger partial charge < -0.3 is 5.11 Å². The van der Waals surface area contributed by atoms with E-state index in [1.54, 1.807) is 6.07 Å². The Labute approximate surface area is 109 Å². The zero-order valence-electron chi connectivity index (χ0n) is 10.1. The number of nitrogens with zero attached hydrogens (tertiary/aromatic N) is 1. The lowest BCUT2D eigenvalue weighted by Gasteiger charge is -2.26. The van der Waals surface area contributed by atoms with Crippen LogP contribution in [-0.4, -0.2) is 16.1 Å². The number of rotatable bonds is 3. The molecule has 4 nitrogen and oxygen atoms in total. The summed E-state index contributed by atoms with van der Waals surface area (Å²) in [6.45, 7) is 5.87. The summed E-state index contributed by atoms with van der Waals surface area (Å²) in [4.78, 5) is 10.1. The van der Waals surface area contributed by atoms with Crippen LogP contribution >= 0.6 is 15.9 Å². The van der Waals surface area contributed by atoms with Gasteiger partial charge in [0, 0.05) is 16.6 Å². The summed E-state index contributed by atoms with van der Waals surface area (Å²) in [5.41, 5.74) is 0.713. The molecule has 1 unspecified atom stereocenters. The number of aliphatic hydroxyl groups is 1. The Morgan fingerprint density at radius 3 is 2.47 bits per heavy atom. The van der Waals surface area contributed by atoms with E-state index in [1.165, 1.54) is 12.1 Å². The number of nitro groups is 1. The summed E-state index contributed by atoms with van der Waals surface area (Å²) in [6.07, 6.45) is -0.0116. The fourth-order valence-corrected chi connectivity index (χ4v) is 1.86. The first-order valence-corrected chi connectivity index (χ1v) is 6.12. The van der Waals surface area contributed by atoms with Gasteiger partial charge in [0.25, 0.3) is 5.69 Å². The van der Waals surface area contributed by atoms with E-state index in [9.17, 15) is 15.2 Å². The molecule has 0 aliphatic heterocycles. The Kier molecular flexibility index (Phi) is 4.27. The largest absolute Gasteiger partial charge is 0.392 e. The molecule has 5 heteroatoms. The molecule has 0 radical (unpaired) electrons. The Hall–Kier alpha value is -0.940. The number of nitro benzene ring substituents is 1. The minimum Gasteiger partial charge on any atom is -0.392 e. The van der Waals surface area contributed by atoms with Gasteiger partial charge in [0.2, 0.25) is 0 Å². The van der Waals surface area contributed by atoms with Crippen molar-refractivity contribution in [1.29, 1.82) is 0 Å². The van der Waals surface area contributed by atoms with Crippen molar-refractivity contribution < 1.29 is 10.0 Å². The van der Waals surface area contributed by atoms with Crippen LogP contribution in [-0.2, 0) is 6.42 Å². The lowest BCUT2D eigenvalue weighted by molar-refractivity contribution is -0.384. The zero-order valence-corrected chi connectivity index (χ0v) is 11.7. The average molecular weight is 302 g/mol. The van der Waals surface area contributed by atoms with Gasteiger partial charge in [-0.2, -0.15) is 0 Å². The van der Waals surface area contributed by atoms with Crippen LogP contribution in [0, 0.1) is 15.5 Å². The summed E-state index contributed by atoms with van der Waals surface area (Å²) in [7, 11) is 0. The van der Waals surface area contributed by atoms with Gasteiger partial charge >= 0.3 is 0 Å². The van der Waals surface area contributed by atoms with Crippen LogP contribution in [0.1, 0.15) is 26.3 Å². The third kappa shape index (κ3) is 3.78. The van der Waals surface area contributed by atoms with Crippen molar-refractivity contribution in [2.24, 2.45) is 5.41 Å². The summed E-state index contributed by atoms with van der Waals surface area (Å²) in [6, 6.07) is 4.59. The highest BCUT2D eigenvalue weighted by Gasteiger charge is 2.23. The Balaban J connectivity index is 2.90. The molecule has 17 heavy (non-hydrogen) atoms. The third-order valence-electron chi connectivity index (χ3n) is 2.66. The molecule has 0 aliphatic rings. The van der Waals surface area contributed by atoms with Crippen molar-refractivity contribution in [2.45, 2.75) is 33.3 Å². The standard InChI is InChI=1S/C12H16BrNO3/c1-12(2,3)11(15)6-8-4-5-9(14(16)17)7-10(8)13/h4-5,7,11,15H,6H2,1-3H3. The predicted molar refractivity (Wildman–Crippen MR) is 70.0 cm³/mol. The van der Waals surface area contributed by atoms with Gasteiger partial charge in [-0.15, -0.1) is 0 Å². The quantitative estimate of drug-likeness (QED) is 0.688. The Morgan fingerprint density at radius 2 is 2.06 bits per heavy atom. The first kappa shape index (κ1) is 14.1. The van der Waals surface area contributed by atoms with Crippen molar-refractivity contribution in [3.63, 3.8) is 0 Å². The summed E-state index contributed by atoms with van der Waals surface area (Å²) >= 11 is 3.30. The maximum atomic E-state index is 10.6. The summed E-state index contributed by atoms with van der Waals surface area (Å²) in [5.74, 6) is 0. The molecule has 94 valence electrons. The van der Waals surface area contributed by atoms with Crippen LogP contribution in [0.4, 0.5) is 5.69 Å². The van der Waals surface area contributed by atoms with E-state index in [2.05, 4.69) is 15.9 Å². The van der Waals surface area contributed by atoms with Gasteiger partial charge in [-0.3, -0.25) is 10.1 Å². The maximum absolute atomic E-state index is 10.6. The Morgan fingerprint density at radius 1 is 1.47 bits per heavy atom. The maximum Gasteiger partial charge on any atom is 0.270 e. The molecule has 0 spiro atoms. The fraction of sp³-hybridized carbons (Fsp3) is 0.500. The molecule has 0 saturated heterocycles. The molecule has 0 amide bonds. The smallest absolute Gasteiger partial charge is 0.270 e. The number of hydrogen-bond acceptors (Lipinski definition) is 3. The molecule has 0 saturated carbocycles. The van der Waals surface area contributed by atoms with E-state index in [0.29, 0.717) is 10.9 Å². The van der Waals surface area contributed by atoms with Crippen molar-refractivity contribution >= 4 is 21.6 Å². The van der Waals surface area contributed by atoms with E-state index < -0.39 is 11.0 Å². The molecule has 0 aliphatic carbocycles. The highest BCUT2D eigenvalue weighted by molar-refractivity contribution is 9.10. The van der Waals surface area contributed by atoms with Gasteiger partial charge in [-0.05, 0) is 17.4 Å².